The van der Waals surface area contributed by atoms with Crippen molar-refractivity contribution in [1.82, 2.24) is 14.8 Å². The molecule has 0 spiro atoms. The van der Waals surface area contributed by atoms with Crippen LogP contribution < -0.4 is 5.32 Å². The van der Waals surface area contributed by atoms with Crippen LogP contribution in [0.15, 0.2) is 12.1 Å². The second kappa shape index (κ2) is 6.89. The van der Waals surface area contributed by atoms with E-state index in [1.807, 2.05) is 31.0 Å². The third-order valence-corrected chi connectivity index (χ3v) is 4.24. The first kappa shape index (κ1) is 15.8. The summed E-state index contributed by atoms with van der Waals surface area (Å²) in [5.74, 6) is 0.865. The molecule has 1 atom stereocenters. The van der Waals surface area contributed by atoms with E-state index in [2.05, 4.69) is 29.0 Å². The zero-order valence-electron chi connectivity index (χ0n) is 13.5. The lowest BCUT2D eigenvalue weighted by atomic mass is 10.2. The molecule has 1 aliphatic heterocycles. The van der Waals surface area contributed by atoms with Gasteiger partial charge in [-0.15, -0.1) is 0 Å². The summed E-state index contributed by atoms with van der Waals surface area (Å²) >= 11 is 0. The fourth-order valence-electron chi connectivity index (χ4n) is 3.07. The zero-order chi connectivity index (χ0) is 15.4. The molecule has 2 heterocycles. The summed E-state index contributed by atoms with van der Waals surface area (Å²) in [7, 11) is 1.82. The molecule has 0 radical (unpaired) electrons. The lowest BCUT2D eigenvalue weighted by molar-refractivity contribution is 0.0778. The van der Waals surface area contributed by atoms with E-state index in [1.54, 1.807) is 0 Å². The highest BCUT2D eigenvalue weighted by molar-refractivity contribution is 5.95. The normalized spacial score (nSPS) is 18.3. The quantitative estimate of drug-likeness (QED) is 0.901. The van der Waals surface area contributed by atoms with Crippen molar-refractivity contribution in [3.05, 3.63) is 23.4 Å². The highest BCUT2D eigenvalue weighted by atomic mass is 16.2. The molecule has 2 rings (SSSR count). The minimum atomic E-state index is 0.117. The van der Waals surface area contributed by atoms with Crippen LogP contribution in [0.5, 0.6) is 0 Å². The minimum absolute atomic E-state index is 0.117. The molecule has 1 aromatic heterocycles. The van der Waals surface area contributed by atoms with Gasteiger partial charge in [-0.05, 0) is 38.6 Å². The number of amides is 1. The van der Waals surface area contributed by atoms with E-state index in [0.717, 1.165) is 49.7 Å². The van der Waals surface area contributed by atoms with E-state index in [-0.39, 0.29) is 5.91 Å². The Balaban J connectivity index is 2.09. The molecule has 5 nitrogen and oxygen atoms in total. The van der Waals surface area contributed by atoms with Crippen LogP contribution in [0.3, 0.4) is 0 Å². The van der Waals surface area contributed by atoms with Gasteiger partial charge >= 0.3 is 0 Å². The topological polar surface area (TPSA) is 48.5 Å². The molecule has 116 valence electrons. The van der Waals surface area contributed by atoms with E-state index < -0.39 is 0 Å². The number of nitrogens with zero attached hydrogens (tertiary/aromatic N) is 3. The summed E-state index contributed by atoms with van der Waals surface area (Å²) in [6.45, 7) is 10.0. The van der Waals surface area contributed by atoms with Crippen LogP contribution in [0.4, 0.5) is 5.82 Å². The van der Waals surface area contributed by atoms with Crippen LogP contribution in [0.25, 0.3) is 0 Å². The summed E-state index contributed by atoms with van der Waals surface area (Å²) in [5, 5.41) is 3.01. The number of anilines is 1. The Hall–Kier alpha value is -1.62. The molecule has 1 N–H and O–H groups in total. The van der Waals surface area contributed by atoms with Gasteiger partial charge in [-0.25, -0.2) is 4.98 Å². The van der Waals surface area contributed by atoms with Gasteiger partial charge in [0.1, 0.15) is 5.82 Å². The fourth-order valence-corrected chi connectivity index (χ4v) is 3.07. The van der Waals surface area contributed by atoms with Gasteiger partial charge in [-0.1, -0.05) is 13.8 Å². The Kier molecular flexibility index (Phi) is 5.17. The van der Waals surface area contributed by atoms with Crippen molar-refractivity contribution in [3.8, 4) is 0 Å². The van der Waals surface area contributed by atoms with E-state index in [0.29, 0.717) is 6.04 Å². The summed E-state index contributed by atoms with van der Waals surface area (Å²) in [4.78, 5) is 21.4. The van der Waals surface area contributed by atoms with E-state index in [1.165, 1.54) is 0 Å². The number of hydrogen-bond donors (Lipinski definition) is 1. The number of aromatic nitrogens is 1. The zero-order valence-corrected chi connectivity index (χ0v) is 13.5. The summed E-state index contributed by atoms with van der Waals surface area (Å²) in [6.07, 6.45) is 1.07. The average Bonchev–Trinajstić information content (AvgIpc) is 2.96. The molecule has 0 aromatic carbocycles. The summed E-state index contributed by atoms with van der Waals surface area (Å²) < 4.78 is 0. The summed E-state index contributed by atoms with van der Waals surface area (Å²) in [5.41, 5.74) is 1.59. The van der Waals surface area contributed by atoms with Crippen molar-refractivity contribution in [3.63, 3.8) is 0 Å². The molecular weight excluding hydrogens is 264 g/mol. The standard InChI is InChI=1S/C16H26N4O/c1-5-19(6-2)14-7-8-20(11-14)16(21)13-9-12(3)18-15(10-13)17-4/h9-10,14H,5-8,11H2,1-4H3,(H,17,18). The van der Waals surface area contributed by atoms with Crippen molar-refractivity contribution in [1.29, 1.82) is 0 Å². The molecule has 0 aliphatic carbocycles. The van der Waals surface area contributed by atoms with Gasteiger partial charge < -0.3 is 10.2 Å². The van der Waals surface area contributed by atoms with Crippen molar-refractivity contribution in [2.24, 2.45) is 0 Å². The largest absolute Gasteiger partial charge is 0.373 e. The van der Waals surface area contributed by atoms with Gasteiger partial charge in [-0.2, -0.15) is 0 Å². The number of aryl methyl sites for hydroxylation is 1. The first-order chi connectivity index (χ1) is 10.1. The van der Waals surface area contributed by atoms with Crippen LogP contribution in [-0.2, 0) is 0 Å². The van der Waals surface area contributed by atoms with Crippen molar-refractivity contribution in [2.75, 3.05) is 38.5 Å². The second-order valence-corrected chi connectivity index (χ2v) is 5.55. The molecule has 0 bridgehead atoms. The van der Waals surface area contributed by atoms with Crippen molar-refractivity contribution < 1.29 is 4.79 Å². The van der Waals surface area contributed by atoms with Crippen LogP contribution in [0, 0.1) is 6.92 Å². The summed E-state index contributed by atoms with van der Waals surface area (Å²) in [6, 6.07) is 4.20. The van der Waals surface area contributed by atoms with Crippen LogP contribution >= 0.6 is 0 Å². The number of carbonyl (C=O) groups excluding carboxylic acids is 1. The lowest BCUT2D eigenvalue weighted by Crippen LogP contribution is -2.38. The third-order valence-electron chi connectivity index (χ3n) is 4.24. The Morgan fingerprint density at radius 2 is 2.14 bits per heavy atom. The molecule has 1 saturated heterocycles. The van der Waals surface area contributed by atoms with E-state index in [9.17, 15) is 4.79 Å². The van der Waals surface area contributed by atoms with Crippen LogP contribution in [0.1, 0.15) is 36.3 Å². The number of pyridine rings is 1. The number of nitrogens with one attached hydrogen (secondary N) is 1. The number of likely N-dealkylation sites (N-methyl/N-ethyl adjacent to an activating group) is 1. The molecule has 5 heteroatoms. The maximum Gasteiger partial charge on any atom is 0.254 e. The van der Waals surface area contributed by atoms with Crippen LogP contribution in [0.2, 0.25) is 0 Å². The molecule has 1 amide bonds. The highest BCUT2D eigenvalue weighted by Crippen LogP contribution is 2.19. The maximum absolute atomic E-state index is 12.7. The monoisotopic (exact) mass is 290 g/mol. The predicted molar refractivity (Wildman–Crippen MR) is 85.8 cm³/mol. The molecule has 0 saturated carbocycles. The Labute approximate surface area is 127 Å². The van der Waals surface area contributed by atoms with Gasteiger partial charge in [-0.3, -0.25) is 9.69 Å². The predicted octanol–water partition coefficient (Wildman–Crippen LogP) is 1.99. The smallest absolute Gasteiger partial charge is 0.254 e. The van der Waals surface area contributed by atoms with Gasteiger partial charge in [0, 0.05) is 37.4 Å². The first-order valence-electron chi connectivity index (χ1n) is 7.78. The number of likely N-dealkylation sites (tertiary alicyclic amines) is 1. The molecular formula is C16H26N4O. The second-order valence-electron chi connectivity index (χ2n) is 5.55. The van der Waals surface area contributed by atoms with Gasteiger partial charge in [0.15, 0.2) is 0 Å². The van der Waals surface area contributed by atoms with E-state index >= 15 is 0 Å². The molecule has 1 unspecified atom stereocenters. The molecule has 1 aromatic rings. The van der Waals surface area contributed by atoms with Gasteiger partial charge in [0.05, 0.1) is 0 Å². The number of carbonyl (C=O) groups is 1. The molecule has 21 heavy (non-hydrogen) atoms. The lowest BCUT2D eigenvalue weighted by Gasteiger charge is -2.26. The first-order valence-corrected chi connectivity index (χ1v) is 7.78. The Morgan fingerprint density at radius 1 is 1.43 bits per heavy atom. The van der Waals surface area contributed by atoms with Crippen molar-refractivity contribution in [2.45, 2.75) is 33.2 Å². The highest BCUT2D eigenvalue weighted by Gasteiger charge is 2.29. The average molecular weight is 290 g/mol. The SMILES string of the molecule is CCN(CC)C1CCN(C(=O)c2cc(C)nc(NC)c2)C1. The van der Waals surface area contributed by atoms with Crippen LogP contribution in [-0.4, -0.2) is 60.0 Å². The van der Waals surface area contributed by atoms with Gasteiger partial charge in [0.25, 0.3) is 5.91 Å². The van der Waals surface area contributed by atoms with Crippen molar-refractivity contribution >= 4 is 11.7 Å². The Bertz CT molecular complexity index is 499. The molecule has 1 fully saturated rings. The third kappa shape index (κ3) is 3.53. The Morgan fingerprint density at radius 3 is 2.76 bits per heavy atom. The number of rotatable bonds is 5. The fraction of sp³-hybridized carbons (Fsp3) is 0.625. The number of hydrogen-bond acceptors (Lipinski definition) is 4. The molecule has 1 aliphatic rings. The van der Waals surface area contributed by atoms with E-state index in [4.69, 9.17) is 0 Å². The minimum Gasteiger partial charge on any atom is -0.373 e. The maximum atomic E-state index is 12.7. The van der Waals surface area contributed by atoms with Gasteiger partial charge in [0.2, 0.25) is 0 Å².